The van der Waals surface area contributed by atoms with E-state index in [4.69, 9.17) is 9.15 Å². The molecule has 1 atom stereocenters. The van der Waals surface area contributed by atoms with Gasteiger partial charge in [0.15, 0.2) is 0 Å². The van der Waals surface area contributed by atoms with Gasteiger partial charge in [0, 0.05) is 5.39 Å². The number of esters is 1. The van der Waals surface area contributed by atoms with Gasteiger partial charge >= 0.3 is 5.97 Å². The Hall–Kier alpha value is -2.30. The number of methoxy groups -OCH3 is 1. The summed E-state index contributed by atoms with van der Waals surface area (Å²) in [7, 11) is 1.31. The molecule has 1 N–H and O–H groups in total. The normalized spacial score (nSPS) is 12.1. The molecule has 0 fully saturated rings. The van der Waals surface area contributed by atoms with Crippen LogP contribution in [0.3, 0.4) is 0 Å². The van der Waals surface area contributed by atoms with E-state index in [0.29, 0.717) is 17.6 Å². The van der Waals surface area contributed by atoms with Crippen molar-refractivity contribution in [3.63, 3.8) is 0 Å². The number of rotatable bonds is 5. The van der Waals surface area contributed by atoms with Gasteiger partial charge in [-0.25, -0.2) is 4.79 Å². The average Bonchev–Trinajstić information content (AvgIpc) is 2.90. The molecule has 0 aliphatic rings. The number of carbonyl (C=O) groups excluding carboxylic acids is 2. The molecule has 106 valence electrons. The Morgan fingerprint density at radius 3 is 2.80 bits per heavy atom. The molecular weight excluding hydrogens is 258 g/mol. The molecule has 1 aromatic heterocycles. The third-order valence-electron chi connectivity index (χ3n) is 3.09. The first-order valence-electron chi connectivity index (χ1n) is 6.52. The summed E-state index contributed by atoms with van der Waals surface area (Å²) in [6.45, 7) is 1.94. The van der Waals surface area contributed by atoms with Crippen LogP contribution in [0.4, 0.5) is 0 Å². The molecule has 0 saturated heterocycles. The lowest BCUT2D eigenvalue weighted by atomic mass is 10.1. The molecule has 1 amide bonds. The molecule has 0 aliphatic heterocycles. The van der Waals surface area contributed by atoms with Crippen LogP contribution >= 0.6 is 0 Å². The average molecular weight is 275 g/mol. The van der Waals surface area contributed by atoms with Gasteiger partial charge in [0.05, 0.1) is 12.7 Å². The number of fused-ring (bicyclic) bond motifs is 1. The Morgan fingerprint density at radius 2 is 2.10 bits per heavy atom. The summed E-state index contributed by atoms with van der Waals surface area (Å²) in [5.41, 5.74) is 1.06. The standard InChI is InChI=1S/C15H17NO4/c1-3-6-12(15(18)19-2)16-14(17)11-9-20-13-8-5-4-7-10(11)13/h4-5,7-9,12H,3,6H2,1-2H3,(H,16,17)/t12-/m0/s1. The maximum absolute atomic E-state index is 12.2. The fraction of sp³-hybridized carbons (Fsp3) is 0.333. The van der Waals surface area contributed by atoms with E-state index in [0.717, 1.165) is 11.8 Å². The number of amides is 1. The minimum absolute atomic E-state index is 0.334. The second-order valence-electron chi connectivity index (χ2n) is 4.48. The van der Waals surface area contributed by atoms with E-state index < -0.39 is 12.0 Å². The zero-order valence-corrected chi connectivity index (χ0v) is 11.5. The number of furan rings is 1. The summed E-state index contributed by atoms with van der Waals surface area (Å²) < 4.78 is 10.0. The Kier molecular flexibility index (Phi) is 4.40. The molecule has 0 radical (unpaired) electrons. The second-order valence-corrected chi connectivity index (χ2v) is 4.48. The summed E-state index contributed by atoms with van der Waals surface area (Å²) in [6.07, 6.45) is 2.71. The van der Waals surface area contributed by atoms with Crippen molar-refractivity contribution in [3.8, 4) is 0 Å². The third kappa shape index (κ3) is 2.82. The van der Waals surface area contributed by atoms with Crippen molar-refractivity contribution in [1.82, 2.24) is 5.32 Å². The van der Waals surface area contributed by atoms with Gasteiger partial charge in [-0.15, -0.1) is 0 Å². The number of nitrogens with one attached hydrogen (secondary N) is 1. The summed E-state index contributed by atoms with van der Waals surface area (Å²) in [6, 6.07) is 6.63. The summed E-state index contributed by atoms with van der Waals surface area (Å²) in [5, 5.41) is 3.42. The van der Waals surface area contributed by atoms with E-state index in [-0.39, 0.29) is 5.91 Å². The van der Waals surface area contributed by atoms with E-state index in [2.05, 4.69) is 5.32 Å². The zero-order valence-electron chi connectivity index (χ0n) is 11.5. The van der Waals surface area contributed by atoms with Crippen molar-refractivity contribution in [2.75, 3.05) is 7.11 Å². The lowest BCUT2D eigenvalue weighted by Gasteiger charge is -2.15. The van der Waals surface area contributed by atoms with Crippen molar-refractivity contribution < 1.29 is 18.7 Å². The van der Waals surface area contributed by atoms with Crippen LogP contribution in [0.25, 0.3) is 11.0 Å². The third-order valence-corrected chi connectivity index (χ3v) is 3.09. The van der Waals surface area contributed by atoms with Crippen LogP contribution < -0.4 is 5.32 Å². The van der Waals surface area contributed by atoms with Crippen LogP contribution in [0, 0.1) is 0 Å². The first-order chi connectivity index (χ1) is 9.67. The first kappa shape index (κ1) is 14.1. The van der Waals surface area contributed by atoms with Gasteiger partial charge in [-0.1, -0.05) is 31.5 Å². The highest BCUT2D eigenvalue weighted by Gasteiger charge is 2.22. The van der Waals surface area contributed by atoms with Gasteiger partial charge in [0.2, 0.25) is 0 Å². The van der Waals surface area contributed by atoms with Gasteiger partial charge in [-0.2, -0.15) is 0 Å². The minimum atomic E-state index is -0.633. The second kappa shape index (κ2) is 6.23. The summed E-state index contributed by atoms with van der Waals surface area (Å²) >= 11 is 0. The molecule has 1 aromatic carbocycles. The molecule has 5 heteroatoms. The van der Waals surface area contributed by atoms with E-state index in [1.54, 1.807) is 12.1 Å². The zero-order chi connectivity index (χ0) is 14.5. The predicted octanol–water partition coefficient (Wildman–Crippen LogP) is 2.50. The topological polar surface area (TPSA) is 68.5 Å². The Morgan fingerprint density at radius 1 is 1.35 bits per heavy atom. The maximum Gasteiger partial charge on any atom is 0.328 e. The van der Waals surface area contributed by atoms with Crippen molar-refractivity contribution in [2.45, 2.75) is 25.8 Å². The number of benzene rings is 1. The van der Waals surface area contributed by atoms with Crippen LogP contribution in [0.5, 0.6) is 0 Å². The van der Waals surface area contributed by atoms with Crippen LogP contribution in [0.15, 0.2) is 34.9 Å². The van der Waals surface area contributed by atoms with E-state index >= 15 is 0 Å². The highest BCUT2D eigenvalue weighted by molar-refractivity contribution is 6.06. The Balaban J connectivity index is 2.20. The van der Waals surface area contributed by atoms with Crippen LogP contribution in [-0.2, 0) is 9.53 Å². The van der Waals surface area contributed by atoms with Gasteiger partial charge in [0.25, 0.3) is 5.91 Å². The molecular formula is C15H17NO4. The van der Waals surface area contributed by atoms with Crippen molar-refractivity contribution >= 4 is 22.8 Å². The smallest absolute Gasteiger partial charge is 0.328 e. The molecule has 0 bridgehead atoms. The monoisotopic (exact) mass is 275 g/mol. The van der Waals surface area contributed by atoms with E-state index in [1.807, 2.05) is 19.1 Å². The number of carbonyl (C=O) groups is 2. The number of ether oxygens (including phenoxy) is 1. The first-order valence-corrected chi connectivity index (χ1v) is 6.52. The predicted molar refractivity (Wildman–Crippen MR) is 74.4 cm³/mol. The largest absolute Gasteiger partial charge is 0.467 e. The number of hydrogen-bond donors (Lipinski definition) is 1. The minimum Gasteiger partial charge on any atom is -0.467 e. The lowest BCUT2D eigenvalue weighted by molar-refractivity contribution is -0.143. The molecule has 2 rings (SSSR count). The quantitative estimate of drug-likeness (QED) is 0.851. The van der Waals surface area contributed by atoms with E-state index in [9.17, 15) is 9.59 Å². The molecule has 0 aliphatic carbocycles. The van der Waals surface area contributed by atoms with Gasteiger partial charge in [-0.05, 0) is 12.5 Å². The van der Waals surface area contributed by atoms with E-state index in [1.165, 1.54) is 13.4 Å². The number of para-hydroxylation sites is 1. The van der Waals surface area contributed by atoms with Crippen molar-refractivity contribution in [3.05, 3.63) is 36.1 Å². The van der Waals surface area contributed by atoms with Crippen LogP contribution in [0.1, 0.15) is 30.1 Å². The van der Waals surface area contributed by atoms with Gasteiger partial charge in [0.1, 0.15) is 17.9 Å². The highest BCUT2D eigenvalue weighted by Crippen LogP contribution is 2.20. The highest BCUT2D eigenvalue weighted by atomic mass is 16.5. The molecule has 1 heterocycles. The fourth-order valence-corrected chi connectivity index (χ4v) is 2.07. The van der Waals surface area contributed by atoms with Gasteiger partial charge in [-0.3, -0.25) is 4.79 Å². The molecule has 0 spiro atoms. The molecule has 0 unspecified atom stereocenters. The molecule has 20 heavy (non-hydrogen) atoms. The molecule has 5 nitrogen and oxygen atoms in total. The maximum atomic E-state index is 12.2. The number of hydrogen-bond acceptors (Lipinski definition) is 4. The summed E-state index contributed by atoms with van der Waals surface area (Å²) in [4.78, 5) is 23.9. The SMILES string of the molecule is CCC[C@H](NC(=O)c1coc2ccccc12)C(=O)OC. The van der Waals surface area contributed by atoms with Gasteiger partial charge < -0.3 is 14.5 Å². The Bertz CT molecular complexity index is 617. The lowest BCUT2D eigenvalue weighted by Crippen LogP contribution is -2.41. The fourth-order valence-electron chi connectivity index (χ4n) is 2.07. The van der Waals surface area contributed by atoms with Crippen molar-refractivity contribution in [1.29, 1.82) is 0 Å². The Labute approximate surface area is 116 Å². The molecule has 2 aromatic rings. The van der Waals surface area contributed by atoms with Crippen molar-refractivity contribution in [2.24, 2.45) is 0 Å². The molecule has 0 saturated carbocycles. The van der Waals surface area contributed by atoms with Crippen LogP contribution in [-0.4, -0.2) is 25.0 Å². The van der Waals surface area contributed by atoms with Crippen LogP contribution in [0.2, 0.25) is 0 Å². The summed E-state index contributed by atoms with van der Waals surface area (Å²) in [5.74, 6) is -0.771.